The van der Waals surface area contributed by atoms with Crippen LogP contribution in [0.25, 0.3) is 0 Å². The van der Waals surface area contributed by atoms with E-state index in [2.05, 4.69) is 19.6 Å². The maximum absolute atomic E-state index is 12.3. The van der Waals surface area contributed by atoms with E-state index in [-0.39, 0.29) is 18.6 Å². The highest BCUT2D eigenvalue weighted by atomic mass is 32.1. The van der Waals surface area contributed by atoms with Crippen LogP contribution in [-0.4, -0.2) is 35.1 Å². The second-order valence-corrected chi connectivity index (χ2v) is 5.08. The van der Waals surface area contributed by atoms with Gasteiger partial charge in [0.05, 0.1) is 12.6 Å². The van der Waals surface area contributed by atoms with E-state index in [0.717, 1.165) is 17.9 Å². The minimum atomic E-state index is -0.0499. The van der Waals surface area contributed by atoms with Crippen LogP contribution in [0.3, 0.4) is 0 Å². The van der Waals surface area contributed by atoms with Gasteiger partial charge in [-0.15, -0.1) is 12.6 Å². The van der Waals surface area contributed by atoms with Crippen molar-refractivity contribution in [1.82, 2.24) is 4.90 Å². The number of aliphatic hydroxyl groups is 1. The number of likely N-dealkylation sites (tertiary alicyclic amines) is 1. The second-order valence-electron chi connectivity index (χ2n) is 4.56. The Balaban J connectivity index is 2.20. The first-order valence-corrected chi connectivity index (χ1v) is 6.29. The summed E-state index contributed by atoms with van der Waals surface area (Å²) in [4.78, 5) is 14.8. The zero-order valence-electron chi connectivity index (χ0n) is 9.84. The van der Waals surface area contributed by atoms with Crippen molar-refractivity contribution in [3.05, 3.63) is 29.8 Å². The quantitative estimate of drug-likeness (QED) is 0.787. The molecule has 1 saturated heterocycles. The molecule has 0 aliphatic carbocycles. The number of carbonyl (C=O) groups excluding carboxylic acids is 1. The maximum Gasteiger partial charge on any atom is 0.254 e. The molecule has 1 amide bonds. The molecule has 2 unspecified atom stereocenters. The summed E-state index contributed by atoms with van der Waals surface area (Å²) in [5, 5.41) is 9.35. The predicted molar refractivity (Wildman–Crippen MR) is 69.4 cm³/mol. The average molecular weight is 251 g/mol. The highest BCUT2D eigenvalue weighted by Crippen LogP contribution is 2.25. The summed E-state index contributed by atoms with van der Waals surface area (Å²) >= 11 is 4.23. The van der Waals surface area contributed by atoms with Crippen molar-refractivity contribution in [3.8, 4) is 0 Å². The number of thiol groups is 1. The van der Waals surface area contributed by atoms with Gasteiger partial charge in [-0.1, -0.05) is 13.0 Å². The molecule has 1 aromatic rings. The van der Waals surface area contributed by atoms with Crippen molar-refractivity contribution in [3.63, 3.8) is 0 Å². The number of benzene rings is 1. The fraction of sp³-hybridized carbons (Fsp3) is 0.462. The van der Waals surface area contributed by atoms with Crippen LogP contribution in [0.15, 0.2) is 29.2 Å². The molecule has 1 aliphatic rings. The third-order valence-corrected chi connectivity index (χ3v) is 3.70. The number of hydrogen-bond donors (Lipinski definition) is 2. The Morgan fingerprint density at radius 3 is 3.00 bits per heavy atom. The summed E-state index contributed by atoms with van der Waals surface area (Å²) in [6, 6.07) is 7.17. The van der Waals surface area contributed by atoms with Crippen LogP contribution in [0.2, 0.25) is 0 Å². The summed E-state index contributed by atoms with van der Waals surface area (Å²) in [5.74, 6) is 0.354. The summed E-state index contributed by atoms with van der Waals surface area (Å²) in [6.45, 7) is 2.83. The zero-order chi connectivity index (χ0) is 12.4. The smallest absolute Gasteiger partial charge is 0.254 e. The van der Waals surface area contributed by atoms with Gasteiger partial charge in [0.2, 0.25) is 0 Å². The molecule has 1 aromatic carbocycles. The third-order valence-electron chi connectivity index (χ3n) is 3.42. The monoisotopic (exact) mass is 251 g/mol. The molecule has 1 aliphatic heterocycles. The Morgan fingerprint density at radius 1 is 1.59 bits per heavy atom. The lowest BCUT2D eigenvalue weighted by Crippen LogP contribution is -2.39. The fourth-order valence-corrected chi connectivity index (χ4v) is 2.57. The van der Waals surface area contributed by atoms with Crippen LogP contribution in [-0.2, 0) is 0 Å². The maximum atomic E-state index is 12.3. The second kappa shape index (κ2) is 5.10. The molecule has 2 atom stereocenters. The van der Waals surface area contributed by atoms with Crippen LogP contribution in [0.1, 0.15) is 23.7 Å². The number of amides is 1. The molecule has 1 N–H and O–H groups in total. The largest absolute Gasteiger partial charge is 0.394 e. The molecular formula is C13H17NO2S. The Labute approximate surface area is 107 Å². The summed E-state index contributed by atoms with van der Waals surface area (Å²) < 4.78 is 0. The molecular weight excluding hydrogens is 234 g/mol. The van der Waals surface area contributed by atoms with Gasteiger partial charge in [0.1, 0.15) is 0 Å². The van der Waals surface area contributed by atoms with Gasteiger partial charge in [0.15, 0.2) is 0 Å². The normalized spacial score (nSPS) is 24.1. The van der Waals surface area contributed by atoms with Crippen molar-refractivity contribution >= 4 is 18.5 Å². The van der Waals surface area contributed by atoms with Crippen molar-refractivity contribution in [1.29, 1.82) is 0 Å². The SMILES string of the molecule is CC1CCN(C(=O)c2cccc(S)c2)C1CO. The molecule has 1 fully saturated rings. The van der Waals surface area contributed by atoms with Crippen LogP contribution < -0.4 is 0 Å². The molecule has 4 heteroatoms. The summed E-state index contributed by atoms with van der Waals surface area (Å²) in [7, 11) is 0. The van der Waals surface area contributed by atoms with Crippen LogP contribution in [0.5, 0.6) is 0 Å². The Morgan fingerprint density at radius 2 is 2.35 bits per heavy atom. The zero-order valence-corrected chi connectivity index (χ0v) is 10.7. The van der Waals surface area contributed by atoms with Crippen LogP contribution in [0.4, 0.5) is 0 Å². The first kappa shape index (κ1) is 12.5. The molecule has 2 rings (SSSR count). The summed E-state index contributed by atoms with van der Waals surface area (Å²) in [6.07, 6.45) is 0.956. The van der Waals surface area contributed by atoms with Crippen molar-refractivity contribution in [2.45, 2.75) is 24.3 Å². The van der Waals surface area contributed by atoms with Gasteiger partial charge in [0, 0.05) is 17.0 Å². The molecule has 3 nitrogen and oxygen atoms in total. The van der Waals surface area contributed by atoms with E-state index in [1.165, 1.54) is 0 Å². The van der Waals surface area contributed by atoms with Crippen molar-refractivity contribution in [2.24, 2.45) is 5.92 Å². The lowest BCUT2D eigenvalue weighted by atomic mass is 10.0. The van der Waals surface area contributed by atoms with Gasteiger partial charge in [-0.25, -0.2) is 0 Å². The molecule has 0 aromatic heterocycles. The molecule has 0 radical (unpaired) electrons. The van der Waals surface area contributed by atoms with E-state index in [1.807, 2.05) is 12.1 Å². The van der Waals surface area contributed by atoms with Gasteiger partial charge in [-0.2, -0.15) is 0 Å². The highest BCUT2D eigenvalue weighted by molar-refractivity contribution is 7.80. The number of carbonyl (C=O) groups is 1. The number of aliphatic hydroxyl groups excluding tert-OH is 1. The Bertz CT molecular complexity index is 422. The van der Waals surface area contributed by atoms with Gasteiger partial charge in [-0.3, -0.25) is 4.79 Å². The Kier molecular flexibility index (Phi) is 3.74. The average Bonchev–Trinajstić information content (AvgIpc) is 2.69. The fourth-order valence-electron chi connectivity index (χ4n) is 2.34. The van der Waals surface area contributed by atoms with Gasteiger partial charge in [0.25, 0.3) is 5.91 Å². The molecule has 0 bridgehead atoms. The Hall–Kier alpha value is -1.00. The lowest BCUT2D eigenvalue weighted by molar-refractivity contribution is 0.0648. The molecule has 1 heterocycles. The first-order chi connectivity index (χ1) is 8.13. The van der Waals surface area contributed by atoms with E-state index in [1.54, 1.807) is 17.0 Å². The van der Waals surface area contributed by atoms with E-state index in [0.29, 0.717) is 11.5 Å². The molecule has 92 valence electrons. The molecule has 17 heavy (non-hydrogen) atoms. The molecule has 0 spiro atoms. The van der Waals surface area contributed by atoms with Gasteiger partial charge >= 0.3 is 0 Å². The van der Waals surface area contributed by atoms with E-state index in [9.17, 15) is 9.90 Å². The van der Waals surface area contributed by atoms with Crippen LogP contribution >= 0.6 is 12.6 Å². The molecule has 0 saturated carbocycles. The van der Waals surface area contributed by atoms with Gasteiger partial charge < -0.3 is 10.0 Å². The van der Waals surface area contributed by atoms with E-state index in [4.69, 9.17) is 0 Å². The van der Waals surface area contributed by atoms with Gasteiger partial charge in [-0.05, 0) is 30.5 Å². The highest BCUT2D eigenvalue weighted by Gasteiger charge is 2.34. The number of rotatable bonds is 2. The predicted octanol–water partition coefficient (Wildman–Crippen LogP) is 1.82. The minimum absolute atomic E-state index is 0.00991. The summed E-state index contributed by atoms with van der Waals surface area (Å²) in [5.41, 5.74) is 0.644. The van der Waals surface area contributed by atoms with Crippen LogP contribution in [0, 0.1) is 5.92 Å². The van der Waals surface area contributed by atoms with Crippen molar-refractivity contribution in [2.75, 3.05) is 13.2 Å². The number of nitrogens with zero attached hydrogens (tertiary/aromatic N) is 1. The van der Waals surface area contributed by atoms with E-state index >= 15 is 0 Å². The topological polar surface area (TPSA) is 40.5 Å². The van der Waals surface area contributed by atoms with E-state index < -0.39 is 0 Å². The lowest BCUT2D eigenvalue weighted by Gasteiger charge is -2.25. The van der Waals surface area contributed by atoms with Crippen molar-refractivity contribution < 1.29 is 9.90 Å². The standard InChI is InChI=1S/C13H17NO2S/c1-9-5-6-14(12(9)8-15)13(16)10-3-2-4-11(17)7-10/h2-4,7,9,12,15,17H,5-6,8H2,1H3. The minimum Gasteiger partial charge on any atom is -0.394 e. The first-order valence-electron chi connectivity index (χ1n) is 5.84. The third kappa shape index (κ3) is 2.48. The number of hydrogen-bond acceptors (Lipinski definition) is 3.